The fourth-order valence-corrected chi connectivity index (χ4v) is 2.83. The highest BCUT2D eigenvalue weighted by atomic mass is 17.3. The molecule has 2 aliphatic heterocycles. The van der Waals surface area contributed by atoms with Crippen LogP contribution in [0.2, 0.25) is 0 Å². The van der Waals surface area contributed by atoms with Crippen LogP contribution < -0.4 is 5.73 Å². The van der Waals surface area contributed by atoms with Crippen molar-refractivity contribution in [3.63, 3.8) is 0 Å². The molecule has 1 fully saturated rings. The molecule has 0 radical (unpaired) electrons. The number of amides is 3. The molecule has 0 aromatic rings. The fourth-order valence-electron chi connectivity index (χ4n) is 2.83. The van der Waals surface area contributed by atoms with Crippen LogP contribution in [0.3, 0.4) is 0 Å². The van der Waals surface area contributed by atoms with Crippen molar-refractivity contribution < 1.29 is 24.3 Å². The molecule has 20 heavy (non-hydrogen) atoms. The van der Waals surface area contributed by atoms with Crippen molar-refractivity contribution in [1.82, 2.24) is 9.96 Å². The maximum Gasteiger partial charge on any atom is 0.349 e. The Labute approximate surface area is 116 Å². The number of urea groups is 1. The summed E-state index contributed by atoms with van der Waals surface area (Å²) in [6.45, 7) is 4.95. The lowest BCUT2D eigenvalue weighted by molar-refractivity contribution is -0.376. The van der Waals surface area contributed by atoms with Crippen LogP contribution >= 0.6 is 0 Å². The van der Waals surface area contributed by atoms with Gasteiger partial charge in [0.05, 0.1) is 6.54 Å². The van der Waals surface area contributed by atoms with Gasteiger partial charge in [-0.05, 0) is 18.9 Å². The summed E-state index contributed by atoms with van der Waals surface area (Å²) in [6.07, 6.45) is 2.10. The second kappa shape index (κ2) is 4.78. The van der Waals surface area contributed by atoms with E-state index in [1.54, 1.807) is 19.9 Å². The van der Waals surface area contributed by atoms with Gasteiger partial charge in [0.2, 0.25) is 5.91 Å². The smallest absolute Gasteiger partial charge is 0.349 e. The van der Waals surface area contributed by atoms with Gasteiger partial charge in [-0.1, -0.05) is 18.0 Å². The zero-order valence-electron chi connectivity index (χ0n) is 11.6. The van der Waals surface area contributed by atoms with E-state index in [9.17, 15) is 14.4 Å². The summed E-state index contributed by atoms with van der Waals surface area (Å²) >= 11 is 0. The Morgan fingerprint density at radius 1 is 1.55 bits per heavy atom. The molecule has 0 spiro atoms. The van der Waals surface area contributed by atoms with Crippen molar-refractivity contribution >= 4 is 17.9 Å². The molecule has 2 bridgehead atoms. The van der Waals surface area contributed by atoms with E-state index in [1.165, 1.54) is 4.90 Å². The minimum Gasteiger partial charge on any atom is -0.367 e. The Bertz CT molecular complexity index is 503. The zero-order chi connectivity index (χ0) is 15.1. The van der Waals surface area contributed by atoms with Crippen LogP contribution in [0.15, 0.2) is 11.6 Å². The Morgan fingerprint density at radius 2 is 2.20 bits per heavy atom. The van der Waals surface area contributed by atoms with Gasteiger partial charge >= 0.3 is 12.0 Å². The number of primary amides is 1. The van der Waals surface area contributed by atoms with Crippen molar-refractivity contribution in [2.24, 2.45) is 5.73 Å². The van der Waals surface area contributed by atoms with E-state index in [4.69, 9.17) is 10.7 Å². The lowest BCUT2D eigenvalue weighted by atomic mass is 9.82. The molecule has 2 rings (SSSR count). The molecule has 0 aromatic carbocycles. The van der Waals surface area contributed by atoms with Gasteiger partial charge in [-0.3, -0.25) is 9.68 Å². The van der Waals surface area contributed by atoms with Crippen LogP contribution in [0.25, 0.3) is 0 Å². The highest BCUT2D eigenvalue weighted by molar-refractivity contribution is 5.94. The molecular formula is C12H17N3O5. The fraction of sp³-hybridized carbons (Fsp3) is 0.583. The van der Waals surface area contributed by atoms with Crippen LogP contribution in [0.1, 0.15) is 27.2 Å². The molecule has 0 saturated carbocycles. The quantitative estimate of drug-likeness (QED) is 0.448. The van der Waals surface area contributed by atoms with E-state index in [-0.39, 0.29) is 6.54 Å². The molecule has 1 saturated heterocycles. The molecule has 0 aliphatic carbocycles. The van der Waals surface area contributed by atoms with Gasteiger partial charge in [0.1, 0.15) is 11.6 Å². The van der Waals surface area contributed by atoms with Crippen molar-refractivity contribution in [3.05, 3.63) is 11.6 Å². The first-order valence-corrected chi connectivity index (χ1v) is 6.29. The maximum atomic E-state index is 12.3. The summed E-state index contributed by atoms with van der Waals surface area (Å²) in [4.78, 5) is 45.5. The third-order valence-corrected chi connectivity index (χ3v) is 3.80. The summed E-state index contributed by atoms with van der Waals surface area (Å²) < 4.78 is 0. The molecule has 8 nitrogen and oxygen atoms in total. The normalized spacial score (nSPS) is 28.4. The van der Waals surface area contributed by atoms with Crippen LogP contribution in [0.5, 0.6) is 0 Å². The Balaban J connectivity index is 2.33. The number of carbonyl (C=O) groups is 3. The number of hydrogen-bond donors (Lipinski definition) is 1. The van der Waals surface area contributed by atoms with Crippen molar-refractivity contribution in [2.75, 3.05) is 6.54 Å². The molecule has 2 aliphatic rings. The van der Waals surface area contributed by atoms with Crippen LogP contribution in [0.4, 0.5) is 4.79 Å². The number of rotatable bonds is 4. The van der Waals surface area contributed by atoms with E-state index in [1.807, 2.05) is 0 Å². The predicted octanol–water partition coefficient (Wildman–Crippen LogP) is 0.0963. The van der Waals surface area contributed by atoms with E-state index in [0.29, 0.717) is 12.0 Å². The Kier molecular flexibility index (Phi) is 3.43. The second-order valence-electron chi connectivity index (χ2n) is 4.86. The Hall–Kier alpha value is -2.09. The number of hydroxylamine groups is 2. The molecule has 2 N–H and O–H groups in total. The summed E-state index contributed by atoms with van der Waals surface area (Å²) in [5, 5.41) is 0.936. The van der Waals surface area contributed by atoms with Crippen LogP contribution in [-0.2, 0) is 19.5 Å². The van der Waals surface area contributed by atoms with E-state index in [2.05, 4.69) is 4.89 Å². The molecular weight excluding hydrogens is 266 g/mol. The maximum absolute atomic E-state index is 12.3. The second-order valence-corrected chi connectivity index (χ2v) is 4.86. The molecule has 3 amide bonds. The summed E-state index contributed by atoms with van der Waals surface area (Å²) in [6, 6.07) is -0.967. The topological polar surface area (TPSA) is 102 Å². The first-order chi connectivity index (χ1) is 9.34. The monoisotopic (exact) mass is 283 g/mol. The van der Waals surface area contributed by atoms with Crippen LogP contribution in [0, 0.1) is 0 Å². The van der Waals surface area contributed by atoms with Gasteiger partial charge in [0, 0.05) is 6.92 Å². The SMILES string of the molecule is CC[C@@]1(C(N)=O)C(C)=C[C@@H]2CN1C(=O)N2OOC(C)=O. The predicted molar refractivity (Wildman–Crippen MR) is 66.6 cm³/mol. The molecule has 0 unspecified atom stereocenters. The molecule has 2 atom stereocenters. The van der Waals surface area contributed by atoms with Gasteiger partial charge in [0.25, 0.3) is 0 Å². The average Bonchev–Trinajstić information content (AvgIpc) is 2.62. The number of nitrogens with two attached hydrogens (primary N) is 1. The zero-order valence-corrected chi connectivity index (χ0v) is 11.6. The van der Waals surface area contributed by atoms with E-state index >= 15 is 0 Å². The summed E-state index contributed by atoms with van der Waals surface area (Å²) in [5.74, 6) is -1.26. The molecule has 110 valence electrons. The lowest BCUT2D eigenvalue weighted by Gasteiger charge is -2.40. The highest BCUT2D eigenvalue weighted by Crippen LogP contribution is 2.38. The Morgan fingerprint density at radius 3 is 2.70 bits per heavy atom. The molecule has 2 heterocycles. The van der Waals surface area contributed by atoms with Gasteiger partial charge in [-0.2, -0.15) is 5.06 Å². The van der Waals surface area contributed by atoms with Crippen molar-refractivity contribution in [3.8, 4) is 0 Å². The number of carbonyl (C=O) groups excluding carboxylic acids is 3. The van der Waals surface area contributed by atoms with Gasteiger partial charge < -0.3 is 10.6 Å². The lowest BCUT2D eigenvalue weighted by Crippen LogP contribution is -2.60. The van der Waals surface area contributed by atoms with Crippen LogP contribution in [-0.4, -0.2) is 46.0 Å². The summed E-state index contributed by atoms with van der Waals surface area (Å²) in [5.41, 5.74) is 5.03. The van der Waals surface area contributed by atoms with Gasteiger partial charge in [-0.15, -0.1) is 0 Å². The largest absolute Gasteiger partial charge is 0.367 e. The minimum absolute atomic E-state index is 0.258. The minimum atomic E-state index is -1.15. The van der Waals surface area contributed by atoms with Crippen molar-refractivity contribution in [2.45, 2.75) is 38.8 Å². The highest BCUT2D eigenvalue weighted by Gasteiger charge is 2.56. The van der Waals surface area contributed by atoms with E-state index in [0.717, 1.165) is 12.0 Å². The first-order valence-electron chi connectivity index (χ1n) is 6.29. The number of nitrogens with zero attached hydrogens (tertiary/aromatic N) is 2. The van der Waals surface area contributed by atoms with E-state index < -0.39 is 29.5 Å². The van der Waals surface area contributed by atoms with Gasteiger partial charge in [-0.25, -0.2) is 9.59 Å². The van der Waals surface area contributed by atoms with Gasteiger partial charge in [0.15, 0.2) is 0 Å². The third-order valence-electron chi connectivity index (χ3n) is 3.80. The molecule has 8 heteroatoms. The number of hydrogen-bond acceptors (Lipinski definition) is 5. The summed E-state index contributed by atoms with van der Waals surface area (Å²) in [7, 11) is 0. The average molecular weight is 283 g/mol. The van der Waals surface area contributed by atoms with Crippen molar-refractivity contribution in [1.29, 1.82) is 0 Å². The standard InChI is InChI=1S/C12H17N3O5/c1-4-12(10(13)17)7(2)5-9-6-14(12)11(18)15(9)20-19-8(3)16/h5,9H,4,6H2,1-3H3,(H2,13,17)/t9-,12+/m1/s1. The molecule has 0 aromatic heterocycles. The first kappa shape index (κ1) is 14.3. The third kappa shape index (κ3) is 1.83. The number of fused-ring (bicyclic) bond motifs is 2.